The Kier molecular flexibility index (Phi) is 4.70. The van der Waals surface area contributed by atoms with Gasteiger partial charge in [-0.1, -0.05) is 39.7 Å². The predicted molar refractivity (Wildman–Crippen MR) is 72.9 cm³/mol. The number of halogens is 2. The van der Waals surface area contributed by atoms with E-state index in [4.69, 9.17) is 29.6 Å². The van der Waals surface area contributed by atoms with E-state index in [2.05, 4.69) is 21.2 Å². The van der Waals surface area contributed by atoms with Crippen molar-refractivity contribution in [1.29, 1.82) is 0 Å². The van der Waals surface area contributed by atoms with Crippen molar-refractivity contribution in [2.24, 2.45) is 5.73 Å². The van der Waals surface area contributed by atoms with E-state index < -0.39 is 0 Å². The zero-order valence-corrected chi connectivity index (χ0v) is 11.6. The van der Waals surface area contributed by atoms with E-state index in [1.807, 2.05) is 0 Å². The number of amides is 1. The molecule has 1 atom stereocenters. The van der Waals surface area contributed by atoms with Gasteiger partial charge in [0.25, 0.3) is 5.91 Å². The van der Waals surface area contributed by atoms with Gasteiger partial charge in [0.05, 0.1) is 21.6 Å². The second-order valence-electron chi connectivity index (χ2n) is 3.22. The first-order chi connectivity index (χ1) is 7.41. The Balaban J connectivity index is 2.85. The fourth-order valence-corrected chi connectivity index (χ4v) is 1.84. The zero-order chi connectivity index (χ0) is 12.3. The van der Waals surface area contributed by atoms with Crippen molar-refractivity contribution in [2.45, 2.75) is 13.0 Å². The summed E-state index contributed by atoms with van der Waals surface area (Å²) >= 11 is 14.0. The lowest BCUT2D eigenvalue weighted by Gasteiger charge is -2.12. The third-order valence-electron chi connectivity index (χ3n) is 1.95. The highest BCUT2D eigenvalue weighted by Gasteiger charge is 2.14. The molecule has 0 aliphatic rings. The SMILES string of the molecule is CC(NC(=O)c1ccc(Br)cc1Cl)C(N)=S. The monoisotopic (exact) mass is 320 g/mol. The van der Waals surface area contributed by atoms with E-state index in [-0.39, 0.29) is 16.9 Å². The normalized spacial score (nSPS) is 11.9. The standard InChI is InChI=1S/C10H10BrClN2OS/c1-5(9(13)16)14-10(15)7-3-2-6(11)4-8(7)12/h2-5H,1H3,(H2,13,16)(H,14,15). The molecule has 1 amide bonds. The third kappa shape index (κ3) is 3.43. The van der Waals surface area contributed by atoms with Gasteiger partial charge in [-0.2, -0.15) is 0 Å². The van der Waals surface area contributed by atoms with Crippen LogP contribution >= 0.6 is 39.7 Å². The van der Waals surface area contributed by atoms with Gasteiger partial charge in [-0.05, 0) is 25.1 Å². The van der Waals surface area contributed by atoms with Crippen molar-refractivity contribution < 1.29 is 4.79 Å². The number of nitrogens with one attached hydrogen (secondary N) is 1. The van der Waals surface area contributed by atoms with Crippen LogP contribution in [0.1, 0.15) is 17.3 Å². The molecular formula is C10H10BrClN2OS. The van der Waals surface area contributed by atoms with Crippen LogP contribution in [0.5, 0.6) is 0 Å². The average molecular weight is 322 g/mol. The van der Waals surface area contributed by atoms with Gasteiger partial charge in [0.2, 0.25) is 0 Å². The minimum atomic E-state index is -0.359. The molecule has 0 aromatic heterocycles. The molecule has 0 saturated carbocycles. The maximum atomic E-state index is 11.8. The lowest BCUT2D eigenvalue weighted by atomic mass is 10.2. The number of benzene rings is 1. The summed E-state index contributed by atoms with van der Waals surface area (Å²) in [6.07, 6.45) is 0. The first-order valence-electron chi connectivity index (χ1n) is 4.47. The molecule has 3 nitrogen and oxygen atoms in total. The summed E-state index contributed by atoms with van der Waals surface area (Å²) in [6.45, 7) is 1.72. The fraction of sp³-hybridized carbons (Fsp3) is 0.200. The third-order valence-corrected chi connectivity index (χ3v) is 3.11. The predicted octanol–water partition coefficient (Wildman–Crippen LogP) is 2.51. The zero-order valence-electron chi connectivity index (χ0n) is 8.46. The van der Waals surface area contributed by atoms with Crippen LogP contribution in [0.4, 0.5) is 0 Å². The van der Waals surface area contributed by atoms with Crippen LogP contribution in [0.2, 0.25) is 5.02 Å². The van der Waals surface area contributed by atoms with Crippen LogP contribution in [0.15, 0.2) is 22.7 Å². The second-order valence-corrected chi connectivity index (χ2v) is 5.02. The molecule has 0 bridgehead atoms. The van der Waals surface area contributed by atoms with Gasteiger partial charge >= 0.3 is 0 Å². The smallest absolute Gasteiger partial charge is 0.253 e. The molecule has 0 fully saturated rings. The molecule has 0 heterocycles. The van der Waals surface area contributed by atoms with Crippen molar-refractivity contribution in [3.8, 4) is 0 Å². The van der Waals surface area contributed by atoms with Crippen LogP contribution in [0.25, 0.3) is 0 Å². The van der Waals surface area contributed by atoms with Crippen LogP contribution in [-0.4, -0.2) is 16.9 Å². The van der Waals surface area contributed by atoms with E-state index >= 15 is 0 Å². The van der Waals surface area contributed by atoms with Crippen molar-refractivity contribution in [1.82, 2.24) is 5.32 Å². The Morgan fingerprint density at radius 1 is 1.62 bits per heavy atom. The highest BCUT2D eigenvalue weighted by Crippen LogP contribution is 2.21. The first-order valence-corrected chi connectivity index (χ1v) is 6.05. The molecule has 1 aromatic carbocycles. The van der Waals surface area contributed by atoms with Crippen molar-refractivity contribution in [3.63, 3.8) is 0 Å². The van der Waals surface area contributed by atoms with Crippen molar-refractivity contribution in [2.75, 3.05) is 0 Å². The molecule has 0 radical (unpaired) electrons. The number of thiocarbonyl (C=S) groups is 1. The van der Waals surface area contributed by atoms with E-state index in [9.17, 15) is 4.79 Å². The maximum absolute atomic E-state index is 11.8. The summed E-state index contributed by atoms with van der Waals surface area (Å²) in [5.74, 6) is -0.294. The Morgan fingerprint density at radius 2 is 2.25 bits per heavy atom. The summed E-state index contributed by atoms with van der Waals surface area (Å²) in [5.41, 5.74) is 5.80. The Hall–Kier alpha value is -0.650. The van der Waals surface area contributed by atoms with Crippen molar-refractivity contribution >= 4 is 50.6 Å². The lowest BCUT2D eigenvalue weighted by Crippen LogP contribution is -2.41. The summed E-state index contributed by atoms with van der Waals surface area (Å²) in [6, 6.07) is 4.67. The summed E-state index contributed by atoms with van der Waals surface area (Å²) in [7, 11) is 0. The van der Waals surface area contributed by atoms with Crippen LogP contribution in [-0.2, 0) is 0 Å². The van der Waals surface area contributed by atoms with E-state index in [1.54, 1.807) is 25.1 Å². The molecule has 1 aromatic rings. The first kappa shape index (κ1) is 13.4. The largest absolute Gasteiger partial charge is 0.392 e. The lowest BCUT2D eigenvalue weighted by molar-refractivity contribution is 0.0949. The number of hydrogen-bond donors (Lipinski definition) is 2. The average Bonchev–Trinajstić information content (AvgIpc) is 2.16. The molecule has 0 aliphatic heterocycles. The van der Waals surface area contributed by atoms with Gasteiger partial charge < -0.3 is 11.1 Å². The summed E-state index contributed by atoms with van der Waals surface area (Å²) in [5, 5.41) is 3.03. The molecule has 1 unspecified atom stereocenters. The van der Waals surface area contributed by atoms with Gasteiger partial charge in [0.15, 0.2) is 0 Å². The molecule has 3 N–H and O–H groups in total. The summed E-state index contributed by atoms with van der Waals surface area (Å²) in [4.78, 5) is 12.0. The van der Waals surface area contributed by atoms with Crippen LogP contribution in [0.3, 0.4) is 0 Å². The van der Waals surface area contributed by atoms with E-state index in [0.717, 1.165) is 4.47 Å². The summed E-state index contributed by atoms with van der Waals surface area (Å²) < 4.78 is 0.816. The van der Waals surface area contributed by atoms with Crippen LogP contribution in [0, 0.1) is 0 Å². The molecular weight excluding hydrogens is 312 g/mol. The van der Waals surface area contributed by atoms with Gasteiger partial charge in [-0.25, -0.2) is 0 Å². The molecule has 86 valence electrons. The minimum Gasteiger partial charge on any atom is -0.392 e. The molecule has 0 spiro atoms. The second kappa shape index (κ2) is 5.61. The van der Waals surface area contributed by atoms with Gasteiger partial charge in [0, 0.05) is 4.47 Å². The number of rotatable bonds is 3. The number of carbonyl (C=O) groups excluding carboxylic acids is 1. The molecule has 0 aliphatic carbocycles. The Bertz CT molecular complexity index is 439. The van der Waals surface area contributed by atoms with E-state index in [0.29, 0.717) is 10.6 Å². The minimum absolute atomic E-state index is 0.238. The van der Waals surface area contributed by atoms with Crippen molar-refractivity contribution in [3.05, 3.63) is 33.3 Å². The van der Waals surface area contributed by atoms with Crippen LogP contribution < -0.4 is 11.1 Å². The topological polar surface area (TPSA) is 55.1 Å². The molecule has 0 saturated heterocycles. The number of carbonyl (C=O) groups is 1. The Labute approximate surface area is 112 Å². The van der Waals surface area contributed by atoms with Gasteiger partial charge in [-0.3, -0.25) is 4.79 Å². The van der Waals surface area contributed by atoms with E-state index in [1.165, 1.54) is 0 Å². The highest BCUT2D eigenvalue weighted by molar-refractivity contribution is 9.10. The fourth-order valence-electron chi connectivity index (χ4n) is 1.02. The van der Waals surface area contributed by atoms with Gasteiger partial charge in [-0.15, -0.1) is 0 Å². The van der Waals surface area contributed by atoms with Gasteiger partial charge in [0.1, 0.15) is 0 Å². The highest BCUT2D eigenvalue weighted by atomic mass is 79.9. The quantitative estimate of drug-likeness (QED) is 0.841. The number of nitrogens with two attached hydrogens (primary N) is 1. The molecule has 6 heteroatoms. The number of hydrogen-bond acceptors (Lipinski definition) is 2. The molecule has 16 heavy (non-hydrogen) atoms. The Morgan fingerprint density at radius 3 is 2.75 bits per heavy atom. The molecule has 1 rings (SSSR count). The maximum Gasteiger partial charge on any atom is 0.253 e.